The summed E-state index contributed by atoms with van der Waals surface area (Å²) in [5.74, 6) is 1.86. The third-order valence-electron chi connectivity index (χ3n) is 9.20. The number of piperidine rings is 2. The number of allylic oxidation sites excluding steroid dienone is 1. The summed E-state index contributed by atoms with van der Waals surface area (Å²) in [6.45, 7) is 5.90. The number of likely N-dealkylation sites (tertiary alicyclic amines) is 2. The van der Waals surface area contributed by atoms with Gasteiger partial charge in [-0.15, -0.1) is 0 Å². The molecule has 6 nitrogen and oxygen atoms in total. The molecule has 0 aromatic heterocycles. The molecule has 9 heteroatoms. The van der Waals surface area contributed by atoms with Crippen LogP contribution in [0, 0.1) is 23.7 Å². The first-order valence-corrected chi connectivity index (χ1v) is 15.9. The zero-order chi connectivity index (χ0) is 27.0. The monoisotopic (exact) mass is 666 g/mol. The molecule has 0 saturated carbocycles. The van der Waals surface area contributed by atoms with Gasteiger partial charge in [0.2, 0.25) is 11.8 Å². The van der Waals surface area contributed by atoms with E-state index in [0.29, 0.717) is 36.6 Å². The van der Waals surface area contributed by atoms with Gasteiger partial charge >= 0.3 is 0 Å². The second-order valence-electron chi connectivity index (χ2n) is 11.5. The number of benzene rings is 1. The Morgan fingerprint density at radius 2 is 1.79 bits per heavy atom. The number of primary amides is 1. The van der Waals surface area contributed by atoms with Gasteiger partial charge in [-0.2, -0.15) is 0 Å². The van der Waals surface area contributed by atoms with Crippen molar-refractivity contribution in [2.24, 2.45) is 34.4 Å². The van der Waals surface area contributed by atoms with Crippen molar-refractivity contribution < 1.29 is 9.59 Å². The molecule has 2 N–H and O–H groups in total. The Hall–Kier alpha value is -1.22. The molecule has 2 unspecified atom stereocenters. The quantitative estimate of drug-likeness (QED) is 0.425. The molecule has 1 aromatic carbocycles. The molecule has 3 atom stereocenters. The molecule has 2 amide bonds. The van der Waals surface area contributed by atoms with E-state index < -0.39 is 0 Å². The van der Waals surface area contributed by atoms with E-state index in [-0.39, 0.29) is 17.7 Å². The lowest BCUT2D eigenvalue weighted by Gasteiger charge is -2.40. The van der Waals surface area contributed by atoms with Gasteiger partial charge in [0.1, 0.15) is 0 Å². The van der Waals surface area contributed by atoms with Crippen molar-refractivity contribution in [1.29, 1.82) is 0 Å². The van der Waals surface area contributed by atoms with Crippen molar-refractivity contribution in [3.8, 4) is 0 Å². The van der Waals surface area contributed by atoms with Crippen LogP contribution in [-0.2, 0) is 16.0 Å². The number of carbonyl (C=O) groups is 2. The number of aliphatic imine (C=N–C) groups is 1. The molecule has 4 aliphatic rings. The van der Waals surface area contributed by atoms with Gasteiger partial charge < -0.3 is 10.6 Å². The summed E-state index contributed by atoms with van der Waals surface area (Å²) in [4.78, 5) is 33.7. The third-order valence-corrected chi connectivity index (χ3v) is 11.0. The zero-order valence-electron chi connectivity index (χ0n) is 22.0. The van der Waals surface area contributed by atoms with Crippen molar-refractivity contribution in [2.75, 3.05) is 32.7 Å². The van der Waals surface area contributed by atoms with Crippen LogP contribution in [0.4, 0.5) is 0 Å². The summed E-state index contributed by atoms with van der Waals surface area (Å²) in [5, 5.41) is 0.773. The smallest absolute Gasteiger partial charge is 0.231 e. The first kappa shape index (κ1) is 28.3. The molecular weight excluding hydrogens is 632 g/mol. The molecule has 0 spiro atoms. The highest BCUT2D eigenvalue weighted by Gasteiger charge is 2.42. The number of aryl methyl sites for hydroxylation is 1. The van der Waals surface area contributed by atoms with Gasteiger partial charge in [0, 0.05) is 57.2 Å². The lowest BCUT2D eigenvalue weighted by molar-refractivity contribution is -0.134. The van der Waals surface area contributed by atoms with E-state index in [1.807, 2.05) is 12.3 Å². The number of hydrogen-bond donors (Lipinski definition) is 1. The Labute approximate surface area is 247 Å². The van der Waals surface area contributed by atoms with Crippen LogP contribution in [0.2, 0.25) is 5.02 Å². The van der Waals surface area contributed by atoms with E-state index in [4.69, 9.17) is 22.3 Å². The fourth-order valence-corrected chi connectivity index (χ4v) is 8.61. The molecule has 1 aromatic rings. The summed E-state index contributed by atoms with van der Waals surface area (Å²) >= 11 is 14.1. The minimum atomic E-state index is -0.280. The second-order valence-corrected chi connectivity index (χ2v) is 13.8. The first-order chi connectivity index (χ1) is 18.2. The van der Waals surface area contributed by atoms with Crippen LogP contribution in [0.1, 0.15) is 62.5 Å². The average molecular weight is 669 g/mol. The van der Waals surface area contributed by atoms with Crippen molar-refractivity contribution in [3.63, 3.8) is 0 Å². The van der Waals surface area contributed by atoms with E-state index in [1.165, 1.54) is 21.3 Å². The molecule has 206 valence electrons. The van der Waals surface area contributed by atoms with Gasteiger partial charge in [-0.25, -0.2) is 0 Å². The normalized spacial score (nSPS) is 27.2. The number of nitrogens with two attached hydrogens (primary N) is 1. The van der Waals surface area contributed by atoms with Crippen LogP contribution < -0.4 is 5.73 Å². The molecule has 1 aliphatic carbocycles. The molecule has 0 bridgehead atoms. The van der Waals surface area contributed by atoms with Crippen LogP contribution in [0.25, 0.3) is 0 Å². The van der Waals surface area contributed by atoms with Crippen molar-refractivity contribution in [2.45, 2.75) is 57.8 Å². The Bertz CT molecular complexity index is 1140. The van der Waals surface area contributed by atoms with Crippen LogP contribution in [0.3, 0.4) is 0 Å². The third kappa shape index (κ3) is 6.08. The van der Waals surface area contributed by atoms with Crippen LogP contribution in [-0.4, -0.2) is 60.0 Å². The lowest BCUT2D eigenvalue weighted by atomic mass is 9.71. The predicted octanol–water partition coefficient (Wildman–Crippen LogP) is 5.90. The van der Waals surface area contributed by atoms with E-state index in [2.05, 4.69) is 54.6 Å². The van der Waals surface area contributed by atoms with E-state index in [9.17, 15) is 9.59 Å². The Kier molecular flexibility index (Phi) is 9.02. The zero-order valence-corrected chi connectivity index (χ0v) is 25.9. The first-order valence-electron chi connectivity index (χ1n) is 13.9. The molecule has 0 radical (unpaired) electrons. The maximum atomic E-state index is 13.2. The molecule has 3 aliphatic heterocycles. The predicted molar refractivity (Wildman–Crippen MR) is 160 cm³/mol. The summed E-state index contributed by atoms with van der Waals surface area (Å²) in [6, 6.07) is 4.17. The molecule has 3 heterocycles. The van der Waals surface area contributed by atoms with Crippen molar-refractivity contribution >= 4 is 61.0 Å². The fourth-order valence-electron chi connectivity index (χ4n) is 7.06. The summed E-state index contributed by atoms with van der Waals surface area (Å²) < 4.78 is 2.25. The highest BCUT2D eigenvalue weighted by Crippen LogP contribution is 2.48. The number of rotatable bonds is 5. The molecule has 2 saturated heterocycles. The van der Waals surface area contributed by atoms with Gasteiger partial charge in [-0.3, -0.25) is 19.5 Å². The highest BCUT2D eigenvalue weighted by atomic mass is 79.9. The minimum Gasteiger partial charge on any atom is -0.369 e. The Morgan fingerprint density at radius 3 is 2.47 bits per heavy atom. The summed E-state index contributed by atoms with van der Waals surface area (Å²) in [6.07, 6.45) is 8.53. The Balaban J connectivity index is 1.28. The van der Waals surface area contributed by atoms with Gasteiger partial charge in [-0.05, 0) is 92.6 Å². The van der Waals surface area contributed by atoms with E-state index in [0.717, 1.165) is 74.2 Å². The number of hydrogen-bond acceptors (Lipinski definition) is 4. The summed E-state index contributed by atoms with van der Waals surface area (Å²) in [5.41, 5.74) is 9.32. The second kappa shape index (κ2) is 12.1. The maximum absolute atomic E-state index is 13.2. The molecule has 38 heavy (non-hydrogen) atoms. The topological polar surface area (TPSA) is 79.0 Å². The number of nitrogens with zero attached hydrogens (tertiary/aromatic N) is 3. The summed E-state index contributed by atoms with van der Waals surface area (Å²) in [7, 11) is 0. The van der Waals surface area contributed by atoms with Crippen LogP contribution >= 0.6 is 43.5 Å². The largest absolute Gasteiger partial charge is 0.369 e. The average Bonchev–Trinajstić information content (AvgIpc) is 3.04. The van der Waals surface area contributed by atoms with Gasteiger partial charge in [0.25, 0.3) is 0 Å². The molecular formula is C29H37Br2ClN4O2. The maximum Gasteiger partial charge on any atom is 0.231 e. The number of halogens is 3. The van der Waals surface area contributed by atoms with Crippen molar-refractivity contribution in [1.82, 2.24) is 9.80 Å². The van der Waals surface area contributed by atoms with Gasteiger partial charge in [0.05, 0.1) is 6.54 Å². The van der Waals surface area contributed by atoms with Gasteiger partial charge in [-0.1, -0.05) is 50.4 Å². The molecule has 5 rings (SSSR count). The lowest BCUT2D eigenvalue weighted by Crippen LogP contribution is -2.44. The molecule has 2 fully saturated rings. The van der Waals surface area contributed by atoms with E-state index >= 15 is 0 Å². The van der Waals surface area contributed by atoms with Crippen molar-refractivity contribution in [3.05, 3.63) is 43.4 Å². The Morgan fingerprint density at radius 1 is 1.08 bits per heavy atom. The number of fused-ring (bicyclic) bond motifs is 2. The van der Waals surface area contributed by atoms with Crippen LogP contribution in [0.5, 0.6) is 0 Å². The highest BCUT2D eigenvalue weighted by molar-refractivity contribution is 9.11. The van der Waals surface area contributed by atoms with Crippen LogP contribution in [0.15, 0.2) is 32.3 Å². The number of carbonyl (C=O) groups excluding carboxylic acids is 2. The standard InChI is InChI=1S/C29H37Br2ClN4O2/c1-17-22-3-2-20-13-21(32)14-23(30)27(20)28(29(22)34-15-24(17)31)19-6-10-36(11-7-19)26(38)12-18-4-8-35(9-5-18)16-25(33)37/h13-15,17-19,22,28H,2-12,16H2,1H3,(H2,33,37)/t17?,22?,28-/m1/s1. The fraction of sp³-hybridized carbons (Fsp3) is 0.621. The van der Waals surface area contributed by atoms with E-state index in [1.54, 1.807) is 0 Å². The minimum absolute atomic E-state index is 0.232. The SMILES string of the molecule is CC1C(Br)=CN=C2C1CCc1cc(Cl)cc(Br)c1[C@H]2C1CCN(C(=O)CC2CCN(CC(N)=O)CC2)CC1. The number of amides is 2. The van der Waals surface area contributed by atoms with Gasteiger partial charge in [0.15, 0.2) is 0 Å².